The van der Waals surface area contributed by atoms with E-state index in [0.717, 1.165) is 20.5 Å². The smallest absolute Gasteiger partial charge is 0.341 e. The van der Waals surface area contributed by atoms with Crippen LogP contribution in [-0.2, 0) is 16.0 Å². The van der Waals surface area contributed by atoms with E-state index in [1.807, 2.05) is 38.1 Å². The third kappa shape index (κ3) is 4.33. The number of carbonyl (C=O) groups is 2. The van der Waals surface area contributed by atoms with Crippen molar-refractivity contribution in [1.29, 1.82) is 0 Å². The van der Waals surface area contributed by atoms with Crippen molar-refractivity contribution < 1.29 is 14.3 Å². The number of carbonyl (C=O) groups excluding carboxylic acids is 2. The van der Waals surface area contributed by atoms with Crippen molar-refractivity contribution in [1.82, 2.24) is 0 Å². The Morgan fingerprint density at radius 3 is 2.54 bits per heavy atom. The van der Waals surface area contributed by atoms with Crippen LogP contribution in [0.2, 0.25) is 0 Å². The van der Waals surface area contributed by atoms with Crippen LogP contribution in [0.25, 0.3) is 6.08 Å². The molecular weight excluding hydrogens is 390 g/mol. The summed E-state index contributed by atoms with van der Waals surface area (Å²) in [5.41, 5.74) is 2.28. The molecule has 4 nitrogen and oxygen atoms in total. The second-order valence-corrected chi connectivity index (χ2v) is 7.20. The average molecular weight is 408 g/mol. The van der Waals surface area contributed by atoms with E-state index in [2.05, 4.69) is 21.2 Å². The lowest BCUT2D eigenvalue weighted by molar-refractivity contribution is -0.111. The van der Waals surface area contributed by atoms with Crippen molar-refractivity contribution in [3.63, 3.8) is 0 Å². The number of esters is 1. The number of aryl methyl sites for hydroxylation is 1. The first kappa shape index (κ1) is 18.4. The number of ether oxygens (including phenoxy) is 1. The number of hydrogen-bond donors (Lipinski definition) is 1. The Hall–Kier alpha value is -1.92. The molecule has 0 bridgehead atoms. The molecule has 1 N–H and O–H groups in total. The maximum Gasteiger partial charge on any atom is 0.341 e. The summed E-state index contributed by atoms with van der Waals surface area (Å²) < 4.78 is 5.83. The van der Waals surface area contributed by atoms with Crippen LogP contribution in [-0.4, -0.2) is 19.0 Å². The lowest BCUT2D eigenvalue weighted by Crippen LogP contribution is -2.12. The van der Waals surface area contributed by atoms with Gasteiger partial charge >= 0.3 is 5.97 Å². The molecule has 0 saturated heterocycles. The third-order valence-corrected chi connectivity index (χ3v) is 5.08. The van der Waals surface area contributed by atoms with Gasteiger partial charge in [0.2, 0.25) is 5.91 Å². The van der Waals surface area contributed by atoms with Crippen LogP contribution in [0, 0.1) is 6.92 Å². The number of nitrogens with one attached hydrogen (secondary N) is 1. The number of methoxy groups -OCH3 is 1. The zero-order valence-corrected chi connectivity index (χ0v) is 16.1. The van der Waals surface area contributed by atoms with Crippen LogP contribution >= 0.6 is 27.3 Å². The predicted octanol–water partition coefficient (Wildman–Crippen LogP) is 4.82. The molecule has 1 heterocycles. The number of benzene rings is 1. The largest absolute Gasteiger partial charge is 0.465 e. The molecule has 0 aliphatic heterocycles. The molecule has 0 fully saturated rings. The number of halogens is 1. The van der Waals surface area contributed by atoms with Gasteiger partial charge in [0.1, 0.15) is 5.00 Å². The van der Waals surface area contributed by atoms with Crippen molar-refractivity contribution >= 4 is 50.2 Å². The van der Waals surface area contributed by atoms with Gasteiger partial charge in [-0.05, 0) is 42.7 Å². The van der Waals surface area contributed by atoms with Gasteiger partial charge in [-0.1, -0.05) is 35.0 Å². The first-order valence-electron chi connectivity index (χ1n) is 7.41. The number of rotatable bonds is 5. The second kappa shape index (κ2) is 8.26. The molecule has 0 atom stereocenters. The first-order chi connectivity index (χ1) is 11.5. The summed E-state index contributed by atoms with van der Waals surface area (Å²) in [6.07, 6.45) is 3.88. The molecule has 0 aliphatic rings. The number of thiophene rings is 1. The van der Waals surface area contributed by atoms with E-state index < -0.39 is 5.97 Å². The van der Waals surface area contributed by atoms with Gasteiger partial charge in [0.05, 0.1) is 12.7 Å². The minimum Gasteiger partial charge on any atom is -0.465 e. The zero-order chi connectivity index (χ0) is 17.7. The van der Waals surface area contributed by atoms with Gasteiger partial charge < -0.3 is 10.1 Å². The molecule has 1 amide bonds. The van der Waals surface area contributed by atoms with Crippen molar-refractivity contribution in [2.45, 2.75) is 20.3 Å². The lowest BCUT2D eigenvalue weighted by atomic mass is 10.1. The summed E-state index contributed by atoms with van der Waals surface area (Å²) in [6.45, 7) is 3.91. The molecular formula is C18H18BrNO3S. The molecule has 0 saturated carbocycles. The van der Waals surface area contributed by atoms with Crippen LogP contribution in [0.1, 0.15) is 33.3 Å². The SMILES string of the molecule is CCc1c(C)sc(NC(=O)C=Cc2ccc(Br)cc2)c1C(=O)OC. The summed E-state index contributed by atoms with van der Waals surface area (Å²) in [7, 11) is 1.34. The Bertz CT molecular complexity index is 778. The van der Waals surface area contributed by atoms with Crippen LogP contribution in [0.4, 0.5) is 5.00 Å². The predicted molar refractivity (Wildman–Crippen MR) is 102 cm³/mol. The Labute approximate surface area is 153 Å². The fourth-order valence-electron chi connectivity index (χ4n) is 2.31. The summed E-state index contributed by atoms with van der Waals surface area (Å²) >= 11 is 4.76. The van der Waals surface area contributed by atoms with E-state index in [1.165, 1.54) is 24.5 Å². The molecule has 0 radical (unpaired) electrons. The molecule has 0 aliphatic carbocycles. The quantitative estimate of drug-likeness (QED) is 0.570. The van der Waals surface area contributed by atoms with E-state index in [9.17, 15) is 9.59 Å². The van der Waals surface area contributed by atoms with Crippen LogP contribution in [0.3, 0.4) is 0 Å². The van der Waals surface area contributed by atoms with Crippen LogP contribution in [0.15, 0.2) is 34.8 Å². The van der Waals surface area contributed by atoms with E-state index in [-0.39, 0.29) is 5.91 Å². The monoisotopic (exact) mass is 407 g/mol. The summed E-state index contributed by atoms with van der Waals surface area (Å²) in [5, 5.41) is 3.31. The zero-order valence-electron chi connectivity index (χ0n) is 13.7. The van der Waals surface area contributed by atoms with Crippen LogP contribution < -0.4 is 5.32 Å². The molecule has 1 aromatic heterocycles. The Balaban J connectivity index is 2.19. The fourth-order valence-corrected chi connectivity index (χ4v) is 3.71. The Kier molecular flexibility index (Phi) is 6.34. The van der Waals surface area contributed by atoms with Crippen LogP contribution in [0.5, 0.6) is 0 Å². The molecule has 0 spiro atoms. The highest BCUT2D eigenvalue weighted by Crippen LogP contribution is 2.34. The average Bonchev–Trinajstić information content (AvgIpc) is 2.88. The summed E-state index contributed by atoms with van der Waals surface area (Å²) in [6, 6.07) is 7.61. The Morgan fingerprint density at radius 2 is 1.96 bits per heavy atom. The van der Waals surface area contributed by atoms with Gasteiger partial charge in [0.25, 0.3) is 0 Å². The van der Waals surface area contributed by atoms with Gasteiger partial charge in [-0.15, -0.1) is 11.3 Å². The summed E-state index contributed by atoms with van der Waals surface area (Å²) in [4.78, 5) is 25.2. The second-order valence-electron chi connectivity index (χ2n) is 5.06. The van der Waals surface area contributed by atoms with Gasteiger partial charge in [-0.25, -0.2) is 4.79 Å². The molecule has 0 unspecified atom stereocenters. The first-order valence-corrected chi connectivity index (χ1v) is 9.02. The molecule has 2 aromatic rings. The highest BCUT2D eigenvalue weighted by molar-refractivity contribution is 9.10. The molecule has 2 rings (SSSR count). The van der Waals surface area contributed by atoms with E-state index in [1.54, 1.807) is 6.08 Å². The molecule has 6 heteroatoms. The normalized spacial score (nSPS) is 10.8. The van der Waals surface area contributed by atoms with Gasteiger partial charge in [-0.2, -0.15) is 0 Å². The maximum atomic E-state index is 12.2. The van der Waals surface area contributed by atoms with Crippen molar-refractivity contribution in [2.24, 2.45) is 0 Å². The van der Waals surface area contributed by atoms with E-state index >= 15 is 0 Å². The minimum absolute atomic E-state index is 0.285. The van der Waals surface area contributed by atoms with Crippen molar-refractivity contribution in [3.8, 4) is 0 Å². The topological polar surface area (TPSA) is 55.4 Å². The minimum atomic E-state index is -0.427. The molecule has 1 aromatic carbocycles. The maximum absolute atomic E-state index is 12.2. The fraction of sp³-hybridized carbons (Fsp3) is 0.222. The molecule has 24 heavy (non-hydrogen) atoms. The standard InChI is InChI=1S/C18H18BrNO3S/c1-4-14-11(2)24-17(16(14)18(22)23-3)20-15(21)10-7-12-5-8-13(19)9-6-12/h5-10H,4H2,1-3H3,(H,20,21). The highest BCUT2D eigenvalue weighted by Gasteiger charge is 2.22. The van der Waals surface area contributed by atoms with Crippen molar-refractivity contribution in [2.75, 3.05) is 12.4 Å². The number of hydrogen-bond acceptors (Lipinski definition) is 4. The lowest BCUT2D eigenvalue weighted by Gasteiger charge is -2.05. The molecule has 126 valence electrons. The van der Waals surface area contributed by atoms with E-state index in [4.69, 9.17) is 4.74 Å². The number of amides is 1. The van der Waals surface area contributed by atoms with Gasteiger partial charge in [0.15, 0.2) is 0 Å². The summed E-state index contributed by atoms with van der Waals surface area (Å²) in [5.74, 6) is -0.713. The van der Waals surface area contributed by atoms with Gasteiger partial charge in [0, 0.05) is 15.4 Å². The van der Waals surface area contributed by atoms with E-state index in [0.29, 0.717) is 17.0 Å². The number of anilines is 1. The highest BCUT2D eigenvalue weighted by atomic mass is 79.9. The van der Waals surface area contributed by atoms with Crippen molar-refractivity contribution in [3.05, 3.63) is 56.4 Å². The third-order valence-electron chi connectivity index (χ3n) is 3.49. The van der Waals surface area contributed by atoms with Gasteiger partial charge in [-0.3, -0.25) is 4.79 Å². The Morgan fingerprint density at radius 1 is 1.29 bits per heavy atom.